The predicted octanol–water partition coefficient (Wildman–Crippen LogP) is 1.81. The molecule has 2 fully saturated rings. The van der Waals surface area contributed by atoms with Crippen LogP contribution >= 0.6 is 11.6 Å². The van der Waals surface area contributed by atoms with Crippen LogP contribution in [0.2, 0.25) is 5.02 Å². The third-order valence-corrected chi connectivity index (χ3v) is 4.96. The number of amides is 1. The third-order valence-electron chi connectivity index (χ3n) is 4.73. The van der Waals surface area contributed by atoms with Crippen LogP contribution in [0.15, 0.2) is 24.3 Å². The van der Waals surface area contributed by atoms with Crippen LogP contribution in [0.1, 0.15) is 17.9 Å². The Hall–Kier alpha value is -1.10. The number of carbonyl (C=O) groups is 1. The Labute approximate surface area is 137 Å². The highest BCUT2D eigenvalue weighted by atomic mass is 35.5. The molecule has 120 valence electrons. The number of likely N-dealkylation sites (N-methyl/N-ethyl adjacent to an activating group) is 1. The maximum Gasteiger partial charge on any atom is 0.223 e. The van der Waals surface area contributed by atoms with E-state index in [2.05, 4.69) is 28.2 Å². The van der Waals surface area contributed by atoms with Gasteiger partial charge >= 0.3 is 0 Å². The van der Waals surface area contributed by atoms with Crippen LogP contribution in [0.5, 0.6) is 0 Å². The number of piperazine rings is 1. The van der Waals surface area contributed by atoms with E-state index >= 15 is 0 Å². The summed E-state index contributed by atoms with van der Waals surface area (Å²) in [5.41, 5.74) is 1.19. The molecule has 1 saturated heterocycles. The quantitative estimate of drug-likeness (QED) is 0.898. The van der Waals surface area contributed by atoms with Gasteiger partial charge in [-0.3, -0.25) is 9.69 Å². The largest absolute Gasteiger partial charge is 0.355 e. The van der Waals surface area contributed by atoms with Gasteiger partial charge in [0.2, 0.25) is 5.91 Å². The van der Waals surface area contributed by atoms with Gasteiger partial charge in [0.25, 0.3) is 0 Å². The summed E-state index contributed by atoms with van der Waals surface area (Å²) in [5, 5.41) is 3.84. The lowest BCUT2D eigenvalue weighted by atomic mass is 10.1. The average Bonchev–Trinajstić information content (AvgIpc) is 3.30. The SMILES string of the molecule is CN1CCN(CCNC(=O)[C@H]2C[C@H]2c2cccc(Cl)c2)CC1. The van der Waals surface area contributed by atoms with Gasteiger partial charge in [-0.1, -0.05) is 23.7 Å². The number of hydrogen-bond donors (Lipinski definition) is 1. The Morgan fingerprint density at radius 2 is 2.09 bits per heavy atom. The molecule has 1 aliphatic carbocycles. The van der Waals surface area contributed by atoms with Crippen molar-refractivity contribution < 1.29 is 4.79 Å². The molecule has 1 saturated carbocycles. The molecule has 1 aromatic rings. The zero-order chi connectivity index (χ0) is 15.5. The number of hydrogen-bond acceptors (Lipinski definition) is 3. The number of nitrogens with one attached hydrogen (secondary N) is 1. The second-order valence-corrected chi connectivity index (χ2v) is 6.88. The van der Waals surface area contributed by atoms with Gasteiger partial charge in [0.05, 0.1) is 0 Å². The van der Waals surface area contributed by atoms with Crippen molar-refractivity contribution in [3.63, 3.8) is 0 Å². The van der Waals surface area contributed by atoms with Crippen LogP contribution in [-0.2, 0) is 4.79 Å². The molecule has 2 atom stereocenters. The van der Waals surface area contributed by atoms with E-state index in [0.29, 0.717) is 5.92 Å². The van der Waals surface area contributed by atoms with Crippen LogP contribution < -0.4 is 5.32 Å². The third kappa shape index (κ3) is 4.00. The van der Waals surface area contributed by atoms with E-state index in [1.807, 2.05) is 18.2 Å². The molecule has 1 aromatic carbocycles. The molecule has 1 N–H and O–H groups in total. The van der Waals surface area contributed by atoms with Crippen molar-refractivity contribution in [2.24, 2.45) is 5.92 Å². The smallest absolute Gasteiger partial charge is 0.223 e. The first-order valence-electron chi connectivity index (χ1n) is 8.07. The van der Waals surface area contributed by atoms with Gasteiger partial charge in [0, 0.05) is 50.2 Å². The zero-order valence-corrected chi connectivity index (χ0v) is 13.9. The first-order chi connectivity index (χ1) is 10.6. The van der Waals surface area contributed by atoms with Crippen molar-refractivity contribution in [3.8, 4) is 0 Å². The fourth-order valence-electron chi connectivity index (χ4n) is 3.13. The van der Waals surface area contributed by atoms with Gasteiger partial charge in [-0.25, -0.2) is 0 Å². The molecule has 0 spiro atoms. The molecule has 5 heteroatoms. The summed E-state index contributed by atoms with van der Waals surface area (Å²) in [6, 6.07) is 7.87. The van der Waals surface area contributed by atoms with Crippen molar-refractivity contribution in [3.05, 3.63) is 34.9 Å². The highest BCUT2D eigenvalue weighted by Gasteiger charge is 2.43. The first kappa shape index (κ1) is 15.8. The lowest BCUT2D eigenvalue weighted by Gasteiger charge is -2.32. The van der Waals surface area contributed by atoms with E-state index in [4.69, 9.17) is 11.6 Å². The number of rotatable bonds is 5. The van der Waals surface area contributed by atoms with E-state index < -0.39 is 0 Å². The minimum absolute atomic E-state index is 0.131. The van der Waals surface area contributed by atoms with E-state index in [1.165, 1.54) is 5.56 Å². The molecule has 1 heterocycles. The fraction of sp³-hybridized carbons (Fsp3) is 0.588. The summed E-state index contributed by atoms with van der Waals surface area (Å²) >= 11 is 6.01. The minimum Gasteiger partial charge on any atom is -0.355 e. The number of nitrogens with zero attached hydrogens (tertiary/aromatic N) is 2. The minimum atomic E-state index is 0.131. The maximum atomic E-state index is 12.2. The molecule has 1 amide bonds. The highest BCUT2D eigenvalue weighted by molar-refractivity contribution is 6.30. The van der Waals surface area contributed by atoms with Gasteiger partial charge in [0.15, 0.2) is 0 Å². The van der Waals surface area contributed by atoms with Gasteiger partial charge in [0.1, 0.15) is 0 Å². The Bertz CT molecular complexity index is 528. The van der Waals surface area contributed by atoms with E-state index in [1.54, 1.807) is 0 Å². The number of benzene rings is 1. The predicted molar refractivity (Wildman–Crippen MR) is 89.2 cm³/mol. The van der Waals surface area contributed by atoms with Gasteiger partial charge in [-0.15, -0.1) is 0 Å². The van der Waals surface area contributed by atoms with Crippen LogP contribution in [-0.4, -0.2) is 62.0 Å². The zero-order valence-electron chi connectivity index (χ0n) is 13.1. The Morgan fingerprint density at radius 3 is 2.82 bits per heavy atom. The van der Waals surface area contributed by atoms with E-state index in [-0.39, 0.29) is 11.8 Å². The highest BCUT2D eigenvalue weighted by Crippen LogP contribution is 2.47. The van der Waals surface area contributed by atoms with E-state index in [0.717, 1.165) is 50.7 Å². The molecular weight excluding hydrogens is 298 g/mol. The maximum absolute atomic E-state index is 12.2. The van der Waals surface area contributed by atoms with Crippen LogP contribution in [0.25, 0.3) is 0 Å². The first-order valence-corrected chi connectivity index (χ1v) is 8.45. The molecule has 4 nitrogen and oxygen atoms in total. The molecule has 0 radical (unpaired) electrons. The Morgan fingerprint density at radius 1 is 1.32 bits per heavy atom. The summed E-state index contributed by atoms with van der Waals surface area (Å²) in [6.07, 6.45) is 0.945. The van der Waals surface area contributed by atoms with Gasteiger partial charge in [-0.05, 0) is 37.1 Å². The summed E-state index contributed by atoms with van der Waals surface area (Å²) in [4.78, 5) is 17.0. The normalized spacial score (nSPS) is 25.9. The van der Waals surface area contributed by atoms with Gasteiger partial charge < -0.3 is 10.2 Å². The Balaban J connectivity index is 1.39. The average molecular weight is 322 g/mol. The Kier molecular flexibility index (Phi) is 5.01. The molecule has 1 aliphatic heterocycles. The standard InChI is InChI=1S/C17H24ClN3O/c1-20-7-9-21(10-8-20)6-5-19-17(22)16-12-15(16)13-3-2-4-14(18)11-13/h2-4,11,15-16H,5-10,12H2,1H3,(H,19,22)/t15-,16-/m0/s1. The topological polar surface area (TPSA) is 35.6 Å². The summed E-state index contributed by atoms with van der Waals surface area (Å²) in [6.45, 7) is 6.14. The van der Waals surface area contributed by atoms with Crippen molar-refractivity contribution in [2.75, 3.05) is 46.3 Å². The second-order valence-electron chi connectivity index (χ2n) is 6.44. The molecule has 22 heavy (non-hydrogen) atoms. The van der Waals surface area contributed by atoms with Gasteiger partial charge in [-0.2, -0.15) is 0 Å². The molecule has 0 unspecified atom stereocenters. The number of halogens is 1. The van der Waals surface area contributed by atoms with Crippen molar-refractivity contribution in [2.45, 2.75) is 12.3 Å². The molecule has 0 bridgehead atoms. The van der Waals surface area contributed by atoms with Crippen molar-refractivity contribution in [1.82, 2.24) is 15.1 Å². The molecular formula is C17H24ClN3O. The lowest BCUT2D eigenvalue weighted by Crippen LogP contribution is -2.47. The molecule has 0 aromatic heterocycles. The monoisotopic (exact) mass is 321 g/mol. The van der Waals surface area contributed by atoms with Crippen LogP contribution in [0, 0.1) is 5.92 Å². The van der Waals surface area contributed by atoms with Crippen LogP contribution in [0.3, 0.4) is 0 Å². The summed E-state index contributed by atoms with van der Waals surface area (Å²) in [7, 11) is 2.15. The lowest BCUT2D eigenvalue weighted by molar-refractivity contribution is -0.122. The summed E-state index contributed by atoms with van der Waals surface area (Å²) in [5.74, 6) is 0.674. The van der Waals surface area contributed by atoms with Crippen molar-refractivity contribution in [1.29, 1.82) is 0 Å². The molecule has 2 aliphatic rings. The fourth-order valence-corrected chi connectivity index (χ4v) is 3.33. The summed E-state index contributed by atoms with van der Waals surface area (Å²) < 4.78 is 0. The second kappa shape index (κ2) is 6.99. The van der Waals surface area contributed by atoms with Crippen LogP contribution in [0.4, 0.5) is 0 Å². The molecule has 3 rings (SSSR count). The van der Waals surface area contributed by atoms with Crippen molar-refractivity contribution >= 4 is 17.5 Å². The number of carbonyl (C=O) groups excluding carboxylic acids is 1. The van der Waals surface area contributed by atoms with E-state index in [9.17, 15) is 4.79 Å².